The van der Waals surface area contributed by atoms with Gasteiger partial charge in [0.25, 0.3) is 0 Å². The van der Waals surface area contributed by atoms with Gasteiger partial charge in [0.05, 0.1) is 0 Å². The lowest BCUT2D eigenvalue weighted by Gasteiger charge is -2.48. The van der Waals surface area contributed by atoms with Gasteiger partial charge in [-0.1, -0.05) is 81.8 Å². The van der Waals surface area contributed by atoms with Crippen molar-refractivity contribution in [3.63, 3.8) is 0 Å². The summed E-state index contributed by atoms with van der Waals surface area (Å²) in [6.45, 7) is 7.73. The number of hydrogen-bond donors (Lipinski definition) is 0. The zero-order chi connectivity index (χ0) is 20.4. The van der Waals surface area contributed by atoms with Crippen molar-refractivity contribution in [3.8, 4) is 0 Å². The van der Waals surface area contributed by atoms with E-state index in [0.717, 1.165) is 19.4 Å². The van der Waals surface area contributed by atoms with E-state index in [1.807, 2.05) is 0 Å². The van der Waals surface area contributed by atoms with Crippen molar-refractivity contribution in [2.45, 2.75) is 83.3 Å². The van der Waals surface area contributed by atoms with Gasteiger partial charge >= 0.3 is 0 Å². The fourth-order valence-corrected chi connectivity index (χ4v) is 5.26. The van der Waals surface area contributed by atoms with Gasteiger partial charge in [-0.15, -0.1) is 0 Å². The van der Waals surface area contributed by atoms with Crippen molar-refractivity contribution in [1.29, 1.82) is 0 Å². The molecule has 0 spiro atoms. The highest BCUT2D eigenvalue weighted by atomic mass is 16.1. The summed E-state index contributed by atoms with van der Waals surface area (Å²) in [5, 5.41) is 0. The van der Waals surface area contributed by atoms with Crippen LogP contribution < -0.4 is 0 Å². The van der Waals surface area contributed by atoms with Crippen molar-refractivity contribution in [2.24, 2.45) is 5.92 Å². The maximum absolute atomic E-state index is 13.1. The lowest BCUT2D eigenvalue weighted by molar-refractivity contribution is -0.126. The van der Waals surface area contributed by atoms with E-state index < -0.39 is 0 Å². The first kappa shape index (κ1) is 20.3. The van der Waals surface area contributed by atoms with Crippen molar-refractivity contribution >= 4 is 5.78 Å². The van der Waals surface area contributed by atoms with E-state index in [2.05, 4.69) is 80.3 Å². The Kier molecular flexibility index (Phi) is 5.92. The number of nitrogens with zero attached hydrogens (tertiary/aromatic N) is 1. The Morgan fingerprint density at radius 1 is 0.897 bits per heavy atom. The van der Waals surface area contributed by atoms with Crippen molar-refractivity contribution in [1.82, 2.24) is 4.90 Å². The van der Waals surface area contributed by atoms with E-state index in [9.17, 15) is 4.79 Å². The highest BCUT2D eigenvalue weighted by Crippen LogP contribution is 2.38. The fourth-order valence-electron chi connectivity index (χ4n) is 5.26. The predicted molar refractivity (Wildman–Crippen MR) is 120 cm³/mol. The number of fused-ring (bicyclic) bond motifs is 2. The van der Waals surface area contributed by atoms with Crippen molar-refractivity contribution < 1.29 is 4.79 Å². The van der Waals surface area contributed by atoms with Crippen LogP contribution in [0, 0.1) is 5.92 Å². The summed E-state index contributed by atoms with van der Waals surface area (Å²) in [6, 6.07) is 20.7. The molecule has 2 atom stereocenters. The van der Waals surface area contributed by atoms with E-state index in [0.29, 0.717) is 24.3 Å². The molecule has 0 N–H and O–H groups in total. The second kappa shape index (κ2) is 8.44. The van der Waals surface area contributed by atoms with Crippen LogP contribution in [0.1, 0.15) is 69.6 Å². The molecule has 4 rings (SSSR count). The molecule has 2 fully saturated rings. The zero-order valence-electron chi connectivity index (χ0n) is 18.2. The molecule has 29 heavy (non-hydrogen) atoms. The third-order valence-electron chi connectivity index (χ3n) is 6.99. The summed E-state index contributed by atoms with van der Waals surface area (Å²) in [5.41, 5.74) is 4.05. The third-order valence-corrected chi connectivity index (χ3v) is 6.99. The van der Waals surface area contributed by atoms with Crippen LogP contribution in [0.15, 0.2) is 54.6 Å². The summed E-state index contributed by atoms with van der Waals surface area (Å²) in [6.07, 6.45) is 6.48. The Balaban J connectivity index is 1.40. The van der Waals surface area contributed by atoms with Crippen LogP contribution in [0.5, 0.6) is 0 Å². The van der Waals surface area contributed by atoms with Gasteiger partial charge in [-0.05, 0) is 47.8 Å². The van der Waals surface area contributed by atoms with Crippen LogP contribution in [0.2, 0.25) is 0 Å². The molecule has 0 aromatic heterocycles. The normalized spacial score (nSPS) is 25.0. The molecule has 2 nitrogen and oxygen atoms in total. The number of carbonyl (C=O) groups is 1. The number of piperidine rings is 2. The number of rotatable bonds is 5. The molecule has 0 aliphatic carbocycles. The number of benzene rings is 2. The summed E-state index contributed by atoms with van der Waals surface area (Å²) < 4.78 is 0. The average Bonchev–Trinajstić information content (AvgIpc) is 2.68. The molecule has 2 heterocycles. The summed E-state index contributed by atoms with van der Waals surface area (Å²) in [4.78, 5) is 15.8. The minimum atomic E-state index is 0.158. The number of hydrogen-bond acceptors (Lipinski definition) is 2. The van der Waals surface area contributed by atoms with Crippen molar-refractivity contribution in [3.05, 3.63) is 71.3 Å². The van der Waals surface area contributed by atoms with Crippen LogP contribution in [0.25, 0.3) is 0 Å². The summed E-state index contributed by atoms with van der Waals surface area (Å²) >= 11 is 0. The van der Waals surface area contributed by atoms with E-state index in [-0.39, 0.29) is 11.3 Å². The lowest BCUT2D eigenvalue weighted by atomic mass is 9.75. The third kappa shape index (κ3) is 4.80. The lowest BCUT2D eigenvalue weighted by Crippen LogP contribution is -2.52. The van der Waals surface area contributed by atoms with E-state index in [4.69, 9.17) is 0 Å². The number of Topliss-reactive ketones (excluding diaryl/α,β-unsaturated/α-hetero) is 1. The van der Waals surface area contributed by atoms with Gasteiger partial charge in [0.1, 0.15) is 5.78 Å². The van der Waals surface area contributed by atoms with Crippen LogP contribution in [0.4, 0.5) is 0 Å². The Morgan fingerprint density at radius 3 is 2.10 bits per heavy atom. The van der Waals surface area contributed by atoms with Gasteiger partial charge in [0.15, 0.2) is 0 Å². The Bertz CT molecular complexity index is 804. The monoisotopic (exact) mass is 389 g/mol. The molecule has 0 saturated carbocycles. The minimum Gasteiger partial charge on any atom is -0.299 e. The van der Waals surface area contributed by atoms with Gasteiger partial charge < -0.3 is 0 Å². The molecule has 2 bridgehead atoms. The number of ketones is 1. The SMILES string of the molecule is CC(C)(C)c1ccc(CC(=O)C2CC3CCCC(C2)N3Cc2ccccc2)cc1. The highest BCUT2D eigenvalue weighted by molar-refractivity contribution is 5.83. The molecule has 2 aromatic rings. The molecule has 0 amide bonds. The average molecular weight is 390 g/mol. The molecule has 2 aliphatic heterocycles. The Hall–Kier alpha value is -1.93. The standard InChI is InChI=1S/C27H35NO/c1-27(2,3)23-14-12-20(13-15-23)16-26(29)22-17-24-10-7-11-25(18-22)28(24)19-21-8-5-4-6-9-21/h4-6,8-9,12-15,22,24-25H,7,10-11,16-19H2,1-3H3. The van der Waals surface area contributed by atoms with E-state index >= 15 is 0 Å². The van der Waals surface area contributed by atoms with E-state index in [1.165, 1.54) is 36.0 Å². The summed E-state index contributed by atoms with van der Waals surface area (Å²) in [5.74, 6) is 0.685. The van der Waals surface area contributed by atoms with Gasteiger partial charge in [0.2, 0.25) is 0 Å². The second-order valence-corrected chi connectivity index (χ2v) is 10.2. The smallest absolute Gasteiger partial charge is 0.140 e. The van der Waals surface area contributed by atoms with Gasteiger partial charge in [-0.2, -0.15) is 0 Å². The van der Waals surface area contributed by atoms with Gasteiger partial charge in [0, 0.05) is 31.0 Å². The fraction of sp³-hybridized carbons (Fsp3) is 0.519. The molecular formula is C27H35NO. The molecule has 2 aliphatic rings. The molecule has 154 valence electrons. The molecule has 0 radical (unpaired) electrons. The first-order chi connectivity index (χ1) is 13.9. The van der Waals surface area contributed by atoms with Crippen LogP contribution in [-0.4, -0.2) is 22.8 Å². The molecule has 2 unspecified atom stereocenters. The van der Waals surface area contributed by atoms with Crippen LogP contribution in [0.3, 0.4) is 0 Å². The maximum atomic E-state index is 13.1. The van der Waals surface area contributed by atoms with E-state index in [1.54, 1.807) is 0 Å². The summed E-state index contributed by atoms with van der Waals surface area (Å²) in [7, 11) is 0. The first-order valence-corrected chi connectivity index (χ1v) is 11.3. The Labute approximate surface area is 176 Å². The second-order valence-electron chi connectivity index (χ2n) is 10.2. The highest BCUT2D eigenvalue weighted by Gasteiger charge is 2.40. The topological polar surface area (TPSA) is 20.3 Å². The van der Waals surface area contributed by atoms with Crippen molar-refractivity contribution in [2.75, 3.05) is 0 Å². The first-order valence-electron chi connectivity index (χ1n) is 11.3. The minimum absolute atomic E-state index is 0.158. The number of carbonyl (C=O) groups excluding carboxylic acids is 1. The molecule has 2 saturated heterocycles. The largest absolute Gasteiger partial charge is 0.299 e. The zero-order valence-corrected chi connectivity index (χ0v) is 18.2. The van der Waals surface area contributed by atoms with Gasteiger partial charge in [-0.25, -0.2) is 0 Å². The molecular weight excluding hydrogens is 354 g/mol. The maximum Gasteiger partial charge on any atom is 0.140 e. The predicted octanol–water partition coefficient (Wildman–Crippen LogP) is 5.93. The quantitative estimate of drug-likeness (QED) is 0.632. The van der Waals surface area contributed by atoms with Gasteiger partial charge in [-0.3, -0.25) is 9.69 Å². The Morgan fingerprint density at radius 2 is 1.52 bits per heavy atom. The van der Waals surface area contributed by atoms with Crippen LogP contribution >= 0.6 is 0 Å². The molecule has 2 heteroatoms. The molecule has 2 aromatic carbocycles. The van der Waals surface area contributed by atoms with Crippen LogP contribution in [-0.2, 0) is 23.2 Å².